The van der Waals surface area contributed by atoms with Crippen molar-refractivity contribution in [1.82, 2.24) is 4.90 Å². The molecule has 1 aliphatic heterocycles. The molecular weight excluding hydrogens is 442 g/mol. The maximum Gasteiger partial charge on any atom is 0.147 e. The lowest BCUT2D eigenvalue weighted by Gasteiger charge is -2.62. The molecule has 0 spiro atoms. The van der Waals surface area contributed by atoms with E-state index in [9.17, 15) is 9.90 Å². The topological polar surface area (TPSA) is 49.8 Å². The zero-order chi connectivity index (χ0) is 21.1. The Balaban J connectivity index is 1.39. The maximum atomic E-state index is 12.7. The molecule has 4 aliphatic carbocycles. The number of carbonyl (C=O) groups excluding carboxylic acids is 1. The van der Waals surface area contributed by atoms with Crippen molar-refractivity contribution in [3.05, 3.63) is 0 Å². The van der Waals surface area contributed by atoms with Gasteiger partial charge in [-0.15, -0.1) is 0 Å². The summed E-state index contributed by atoms with van der Waals surface area (Å²) >= 11 is 3.45. The van der Waals surface area contributed by atoms with Gasteiger partial charge in [0, 0.05) is 25.0 Å². The van der Waals surface area contributed by atoms with Crippen LogP contribution >= 0.6 is 15.9 Å². The molecule has 5 aliphatic rings. The standard InChI is InChI=1S/C25H40BrNO3/c1-24-8-7-19-17(18(24)5-6-20(24)23(29)15-26)4-3-16-13-22(28)21(14-25(16,19)2)27-9-11-30-12-10-27/h16-22,28H,3-15H2,1-2H3/t16-,17-,18-,19-,20+,21-,22-,24-,25-/m0/s1. The third-order valence-corrected chi connectivity index (χ3v) is 11.3. The van der Waals surface area contributed by atoms with Crippen LogP contribution in [0.2, 0.25) is 0 Å². The van der Waals surface area contributed by atoms with Gasteiger partial charge in [0.25, 0.3) is 0 Å². The van der Waals surface area contributed by atoms with Gasteiger partial charge in [0.15, 0.2) is 0 Å². The molecule has 5 rings (SSSR count). The number of halogens is 1. The van der Waals surface area contributed by atoms with Crippen LogP contribution in [-0.4, -0.2) is 59.6 Å². The fourth-order valence-corrected chi connectivity index (χ4v) is 9.57. The van der Waals surface area contributed by atoms with E-state index in [0.717, 1.165) is 63.3 Å². The summed E-state index contributed by atoms with van der Waals surface area (Å²) in [5.41, 5.74) is 0.553. The van der Waals surface area contributed by atoms with E-state index >= 15 is 0 Å². The highest BCUT2D eigenvalue weighted by molar-refractivity contribution is 9.09. The van der Waals surface area contributed by atoms with Crippen molar-refractivity contribution in [3.8, 4) is 0 Å². The number of aliphatic hydroxyl groups excluding tert-OH is 1. The second kappa shape index (κ2) is 8.11. The third kappa shape index (κ3) is 3.28. The van der Waals surface area contributed by atoms with E-state index in [1.807, 2.05) is 0 Å². The minimum Gasteiger partial charge on any atom is -0.391 e. The van der Waals surface area contributed by atoms with Crippen LogP contribution in [0.3, 0.4) is 0 Å². The minimum absolute atomic E-state index is 0.181. The van der Waals surface area contributed by atoms with Crippen LogP contribution in [0.25, 0.3) is 0 Å². The molecule has 0 aromatic rings. The first kappa shape index (κ1) is 21.9. The molecule has 0 bridgehead atoms. The Bertz CT molecular complexity index is 667. The Morgan fingerprint density at radius 2 is 1.80 bits per heavy atom. The number of alkyl halides is 1. The molecule has 4 nitrogen and oxygen atoms in total. The van der Waals surface area contributed by atoms with Crippen molar-refractivity contribution in [1.29, 1.82) is 0 Å². The van der Waals surface area contributed by atoms with Crippen LogP contribution in [0.1, 0.15) is 65.2 Å². The Morgan fingerprint density at radius 1 is 1.07 bits per heavy atom. The normalized spacial score (nSPS) is 51.7. The zero-order valence-electron chi connectivity index (χ0n) is 18.8. The lowest BCUT2D eigenvalue weighted by Crippen LogP contribution is -2.60. The SMILES string of the molecule is C[C@]12C[C@H](N3CCOCC3)[C@@H](O)C[C@@H]1CC[C@@H]1[C@@H]2CC[C@]2(C)[C@@H](C(=O)CBr)CC[C@@H]12. The first-order chi connectivity index (χ1) is 14.4. The minimum atomic E-state index is -0.181. The zero-order valence-corrected chi connectivity index (χ0v) is 20.4. The number of aliphatic hydroxyl groups is 1. The van der Waals surface area contributed by atoms with Crippen molar-refractivity contribution in [2.24, 2.45) is 40.4 Å². The molecule has 0 aromatic heterocycles. The Kier molecular flexibility index (Phi) is 5.91. The molecule has 9 atom stereocenters. The third-order valence-electron chi connectivity index (χ3n) is 10.7. The second-order valence-electron chi connectivity index (χ2n) is 11.7. The van der Waals surface area contributed by atoms with E-state index in [1.165, 1.54) is 32.1 Å². The summed E-state index contributed by atoms with van der Waals surface area (Å²) in [5, 5.41) is 11.6. The van der Waals surface area contributed by atoms with Crippen LogP contribution in [0.4, 0.5) is 0 Å². The largest absolute Gasteiger partial charge is 0.391 e. The van der Waals surface area contributed by atoms with Crippen molar-refractivity contribution < 1.29 is 14.6 Å². The van der Waals surface area contributed by atoms with Crippen LogP contribution in [0.5, 0.6) is 0 Å². The van der Waals surface area contributed by atoms with Crippen LogP contribution < -0.4 is 0 Å². The summed E-state index contributed by atoms with van der Waals surface area (Å²) in [5.74, 6) is 3.63. The van der Waals surface area contributed by atoms with Crippen molar-refractivity contribution in [2.45, 2.75) is 77.4 Å². The first-order valence-electron chi connectivity index (χ1n) is 12.5. The molecule has 30 heavy (non-hydrogen) atoms. The average molecular weight is 483 g/mol. The number of hydrogen-bond donors (Lipinski definition) is 1. The molecule has 5 fully saturated rings. The lowest BCUT2D eigenvalue weighted by atomic mass is 9.44. The fourth-order valence-electron chi connectivity index (χ4n) is 9.18. The van der Waals surface area contributed by atoms with E-state index < -0.39 is 0 Å². The van der Waals surface area contributed by atoms with Crippen LogP contribution in [0, 0.1) is 40.4 Å². The van der Waals surface area contributed by atoms with Gasteiger partial charge in [0.05, 0.1) is 24.6 Å². The number of ketones is 1. The van der Waals surface area contributed by atoms with Gasteiger partial charge in [-0.3, -0.25) is 9.69 Å². The summed E-state index contributed by atoms with van der Waals surface area (Å²) in [4.78, 5) is 15.2. The molecule has 1 N–H and O–H groups in total. The molecule has 1 heterocycles. The number of fused-ring (bicyclic) bond motifs is 5. The Morgan fingerprint density at radius 3 is 2.53 bits per heavy atom. The number of Topliss-reactive ketones (excluding diaryl/α,β-unsaturated/α-hetero) is 1. The lowest BCUT2D eigenvalue weighted by molar-refractivity contribution is -0.156. The van der Waals surface area contributed by atoms with Crippen molar-refractivity contribution in [3.63, 3.8) is 0 Å². The molecule has 0 unspecified atom stereocenters. The van der Waals surface area contributed by atoms with Gasteiger partial charge in [-0.2, -0.15) is 0 Å². The fraction of sp³-hybridized carbons (Fsp3) is 0.960. The summed E-state index contributed by atoms with van der Waals surface area (Å²) < 4.78 is 5.59. The smallest absolute Gasteiger partial charge is 0.147 e. The van der Waals surface area contributed by atoms with Gasteiger partial charge in [0.1, 0.15) is 5.78 Å². The van der Waals surface area contributed by atoms with Crippen LogP contribution in [-0.2, 0) is 9.53 Å². The molecule has 0 radical (unpaired) electrons. The average Bonchev–Trinajstić information content (AvgIpc) is 3.11. The number of hydrogen-bond acceptors (Lipinski definition) is 4. The summed E-state index contributed by atoms with van der Waals surface area (Å²) in [6, 6.07) is 0.300. The number of ether oxygens (including phenoxy) is 1. The van der Waals surface area contributed by atoms with Crippen LogP contribution in [0.15, 0.2) is 0 Å². The van der Waals surface area contributed by atoms with Crippen molar-refractivity contribution in [2.75, 3.05) is 31.6 Å². The molecule has 5 heteroatoms. The molecule has 4 saturated carbocycles. The highest BCUT2D eigenvalue weighted by Gasteiger charge is 2.62. The maximum absolute atomic E-state index is 12.7. The first-order valence-corrected chi connectivity index (χ1v) is 13.6. The van der Waals surface area contributed by atoms with E-state index in [4.69, 9.17) is 4.74 Å². The molecular formula is C25H40BrNO3. The van der Waals surface area contributed by atoms with Gasteiger partial charge in [-0.1, -0.05) is 29.8 Å². The number of rotatable bonds is 3. The Labute approximate surface area is 190 Å². The molecule has 170 valence electrons. The number of carbonyl (C=O) groups is 1. The predicted molar refractivity (Wildman–Crippen MR) is 122 cm³/mol. The van der Waals surface area contributed by atoms with Gasteiger partial charge >= 0.3 is 0 Å². The molecule has 0 amide bonds. The molecule has 0 aromatic carbocycles. The van der Waals surface area contributed by atoms with Gasteiger partial charge < -0.3 is 9.84 Å². The monoisotopic (exact) mass is 481 g/mol. The van der Waals surface area contributed by atoms with Crippen molar-refractivity contribution >= 4 is 21.7 Å². The van der Waals surface area contributed by atoms with Gasteiger partial charge in [0.2, 0.25) is 0 Å². The predicted octanol–water partition coefficient (Wildman–Crippen LogP) is 4.28. The van der Waals surface area contributed by atoms with E-state index in [0.29, 0.717) is 28.5 Å². The van der Waals surface area contributed by atoms with Gasteiger partial charge in [-0.05, 0) is 85.9 Å². The van der Waals surface area contributed by atoms with E-state index in [2.05, 4.69) is 34.7 Å². The van der Waals surface area contributed by atoms with E-state index in [1.54, 1.807) is 0 Å². The summed E-state index contributed by atoms with van der Waals surface area (Å²) in [6.45, 7) is 8.56. The highest BCUT2D eigenvalue weighted by Crippen LogP contribution is 2.67. The number of nitrogens with zero attached hydrogens (tertiary/aromatic N) is 1. The Hall–Kier alpha value is 0.0300. The second-order valence-corrected chi connectivity index (χ2v) is 12.2. The summed E-state index contributed by atoms with van der Waals surface area (Å²) in [7, 11) is 0. The molecule has 1 saturated heterocycles. The highest BCUT2D eigenvalue weighted by atomic mass is 79.9. The van der Waals surface area contributed by atoms with Gasteiger partial charge in [-0.25, -0.2) is 0 Å². The van der Waals surface area contributed by atoms with E-state index in [-0.39, 0.29) is 17.4 Å². The quantitative estimate of drug-likeness (QED) is 0.611. The number of morpholine rings is 1. The summed E-state index contributed by atoms with van der Waals surface area (Å²) in [6.07, 6.45) is 9.38.